The van der Waals surface area contributed by atoms with Gasteiger partial charge in [-0.25, -0.2) is 4.39 Å². The van der Waals surface area contributed by atoms with Crippen LogP contribution in [0.1, 0.15) is 17.4 Å². The number of phenolic OH excluding ortho intramolecular Hbond substituents is 1. The zero-order chi connectivity index (χ0) is 14.5. The number of nitrogens with zero attached hydrogens (tertiary/aromatic N) is 1. The Kier molecular flexibility index (Phi) is 4.76. The second-order valence-corrected chi connectivity index (χ2v) is 4.87. The fourth-order valence-electron chi connectivity index (χ4n) is 2.06. The molecule has 0 aliphatic heterocycles. The number of halogens is 1. The molecule has 5 heteroatoms. The number of rotatable bonds is 6. The van der Waals surface area contributed by atoms with E-state index in [2.05, 4.69) is 5.32 Å². The summed E-state index contributed by atoms with van der Waals surface area (Å²) in [5.74, 6) is -0.0233. The maximum absolute atomic E-state index is 13.2. The van der Waals surface area contributed by atoms with Crippen LogP contribution in [0.15, 0.2) is 41.0 Å². The van der Waals surface area contributed by atoms with Crippen molar-refractivity contribution < 1.29 is 13.9 Å². The molecule has 2 N–H and O–H groups in total. The smallest absolute Gasteiger partial charge is 0.165 e. The number of nitrogens with one attached hydrogen (secondary N) is 1. The Hall–Kier alpha value is -1.85. The molecule has 1 heterocycles. The number of aromatic hydroxyl groups is 1. The van der Waals surface area contributed by atoms with Crippen molar-refractivity contribution in [1.29, 1.82) is 0 Å². The fraction of sp³-hybridized carbons (Fsp3) is 0.333. The van der Waals surface area contributed by atoms with Crippen molar-refractivity contribution >= 4 is 0 Å². The Balaban J connectivity index is 1.96. The maximum Gasteiger partial charge on any atom is 0.165 e. The first-order valence-corrected chi connectivity index (χ1v) is 6.46. The average molecular weight is 278 g/mol. The molecule has 0 amide bonds. The van der Waals surface area contributed by atoms with Crippen LogP contribution in [0.3, 0.4) is 0 Å². The van der Waals surface area contributed by atoms with Crippen LogP contribution >= 0.6 is 0 Å². The highest BCUT2D eigenvalue weighted by molar-refractivity contribution is 5.33. The van der Waals surface area contributed by atoms with Gasteiger partial charge in [0.15, 0.2) is 11.6 Å². The van der Waals surface area contributed by atoms with Gasteiger partial charge < -0.3 is 14.8 Å². The van der Waals surface area contributed by atoms with E-state index in [0.717, 1.165) is 5.76 Å². The van der Waals surface area contributed by atoms with E-state index in [4.69, 9.17) is 4.42 Å². The molecule has 1 aromatic carbocycles. The van der Waals surface area contributed by atoms with E-state index in [1.165, 1.54) is 6.07 Å². The topological polar surface area (TPSA) is 48.6 Å². The van der Waals surface area contributed by atoms with Crippen LogP contribution in [0.5, 0.6) is 5.75 Å². The lowest BCUT2D eigenvalue weighted by atomic mass is 10.1. The summed E-state index contributed by atoms with van der Waals surface area (Å²) in [6.07, 6.45) is 1.64. The van der Waals surface area contributed by atoms with Crippen molar-refractivity contribution in [2.75, 3.05) is 20.6 Å². The fourth-order valence-corrected chi connectivity index (χ4v) is 2.06. The van der Waals surface area contributed by atoms with E-state index in [1.807, 2.05) is 31.1 Å². The zero-order valence-corrected chi connectivity index (χ0v) is 11.6. The van der Waals surface area contributed by atoms with Crippen molar-refractivity contribution in [2.24, 2.45) is 0 Å². The minimum atomic E-state index is -0.598. The van der Waals surface area contributed by atoms with E-state index in [9.17, 15) is 9.50 Å². The van der Waals surface area contributed by atoms with Gasteiger partial charge in [-0.3, -0.25) is 4.90 Å². The van der Waals surface area contributed by atoms with Gasteiger partial charge >= 0.3 is 0 Å². The highest BCUT2D eigenvalue weighted by Crippen LogP contribution is 2.21. The number of likely N-dealkylation sites (N-methyl/N-ethyl adjacent to an activating group) is 1. The van der Waals surface area contributed by atoms with Gasteiger partial charge in [-0.05, 0) is 32.3 Å². The third-order valence-corrected chi connectivity index (χ3v) is 3.22. The normalized spacial score (nSPS) is 12.8. The highest BCUT2D eigenvalue weighted by Gasteiger charge is 2.16. The second kappa shape index (κ2) is 6.54. The Morgan fingerprint density at radius 1 is 1.30 bits per heavy atom. The van der Waals surface area contributed by atoms with Gasteiger partial charge in [0.1, 0.15) is 5.76 Å². The molecule has 20 heavy (non-hydrogen) atoms. The summed E-state index contributed by atoms with van der Waals surface area (Å²) in [6.45, 7) is 1.03. The van der Waals surface area contributed by atoms with Crippen LogP contribution in [0.25, 0.3) is 0 Å². The van der Waals surface area contributed by atoms with Crippen LogP contribution in [0.2, 0.25) is 0 Å². The number of hydrogen-bond acceptors (Lipinski definition) is 4. The van der Waals surface area contributed by atoms with Crippen LogP contribution in [0.4, 0.5) is 4.39 Å². The number of furan rings is 1. The molecule has 4 nitrogen and oxygen atoms in total. The molecule has 2 aromatic rings. The standard InChI is InChI=1S/C15H19FN2O2/c1-18(2)13(14-7-4-8-20-14)10-17-9-11-5-3-6-12(16)15(11)19/h3-8,13,17,19H,9-10H2,1-2H3. The van der Waals surface area contributed by atoms with Crippen molar-refractivity contribution in [3.8, 4) is 5.75 Å². The minimum absolute atomic E-state index is 0.0840. The molecule has 108 valence electrons. The van der Waals surface area contributed by atoms with Gasteiger partial charge in [-0.1, -0.05) is 12.1 Å². The molecule has 0 aliphatic rings. The molecule has 2 rings (SSSR count). The number of hydrogen-bond donors (Lipinski definition) is 2. The summed E-state index contributed by atoms with van der Waals surface area (Å²) in [6, 6.07) is 8.38. The Labute approximate surface area is 117 Å². The summed E-state index contributed by atoms with van der Waals surface area (Å²) in [4.78, 5) is 2.04. The monoisotopic (exact) mass is 278 g/mol. The van der Waals surface area contributed by atoms with Gasteiger partial charge in [0.05, 0.1) is 12.3 Å². The van der Waals surface area contributed by atoms with Gasteiger partial charge in [-0.15, -0.1) is 0 Å². The molecule has 0 saturated carbocycles. The molecule has 0 saturated heterocycles. The van der Waals surface area contributed by atoms with Gasteiger partial charge in [0.25, 0.3) is 0 Å². The average Bonchev–Trinajstić information content (AvgIpc) is 2.92. The molecule has 0 aliphatic carbocycles. The highest BCUT2D eigenvalue weighted by atomic mass is 19.1. The minimum Gasteiger partial charge on any atom is -0.505 e. The zero-order valence-electron chi connectivity index (χ0n) is 11.6. The molecular weight excluding hydrogens is 259 g/mol. The number of phenols is 1. The predicted molar refractivity (Wildman–Crippen MR) is 74.9 cm³/mol. The van der Waals surface area contributed by atoms with Crippen molar-refractivity contribution in [1.82, 2.24) is 10.2 Å². The lowest BCUT2D eigenvalue weighted by Crippen LogP contribution is -2.30. The van der Waals surface area contributed by atoms with Crippen LogP contribution in [-0.4, -0.2) is 30.6 Å². The van der Waals surface area contributed by atoms with Crippen molar-refractivity contribution in [3.63, 3.8) is 0 Å². The quantitative estimate of drug-likeness (QED) is 0.852. The van der Waals surface area contributed by atoms with E-state index in [0.29, 0.717) is 18.7 Å². The van der Waals surface area contributed by atoms with Gasteiger partial charge in [-0.2, -0.15) is 0 Å². The molecule has 1 atom stereocenters. The lowest BCUT2D eigenvalue weighted by Gasteiger charge is -2.22. The summed E-state index contributed by atoms with van der Waals surface area (Å²) >= 11 is 0. The summed E-state index contributed by atoms with van der Waals surface area (Å²) in [5.41, 5.74) is 0.543. The lowest BCUT2D eigenvalue weighted by molar-refractivity contribution is 0.250. The molecule has 1 aromatic heterocycles. The third kappa shape index (κ3) is 3.37. The van der Waals surface area contributed by atoms with Crippen LogP contribution in [0, 0.1) is 5.82 Å². The van der Waals surface area contributed by atoms with E-state index in [1.54, 1.807) is 18.4 Å². The largest absolute Gasteiger partial charge is 0.505 e. The van der Waals surface area contributed by atoms with Crippen molar-refractivity contribution in [2.45, 2.75) is 12.6 Å². The first-order valence-electron chi connectivity index (χ1n) is 6.46. The van der Waals surface area contributed by atoms with Crippen molar-refractivity contribution in [3.05, 3.63) is 53.7 Å². The molecule has 0 fully saturated rings. The Morgan fingerprint density at radius 3 is 2.75 bits per heavy atom. The van der Waals surface area contributed by atoms with E-state index in [-0.39, 0.29) is 11.8 Å². The van der Waals surface area contributed by atoms with Crippen LogP contribution < -0.4 is 5.32 Å². The Morgan fingerprint density at radius 2 is 2.10 bits per heavy atom. The number of para-hydroxylation sites is 1. The summed E-state index contributed by atoms with van der Waals surface area (Å²) in [5, 5.41) is 12.8. The summed E-state index contributed by atoms with van der Waals surface area (Å²) < 4.78 is 18.6. The second-order valence-electron chi connectivity index (χ2n) is 4.87. The SMILES string of the molecule is CN(C)C(CNCc1cccc(F)c1O)c1ccco1. The first kappa shape index (κ1) is 14.6. The molecule has 1 unspecified atom stereocenters. The molecular formula is C15H19FN2O2. The molecule has 0 radical (unpaired) electrons. The molecule has 0 spiro atoms. The maximum atomic E-state index is 13.2. The van der Waals surface area contributed by atoms with E-state index < -0.39 is 5.82 Å². The Bertz CT molecular complexity index is 541. The van der Waals surface area contributed by atoms with Gasteiger partial charge in [0, 0.05) is 18.7 Å². The number of benzene rings is 1. The van der Waals surface area contributed by atoms with Gasteiger partial charge in [0.2, 0.25) is 0 Å². The third-order valence-electron chi connectivity index (χ3n) is 3.22. The predicted octanol–water partition coefficient (Wildman–Crippen LogP) is 2.52. The van der Waals surface area contributed by atoms with Crippen LogP contribution in [-0.2, 0) is 6.54 Å². The first-order chi connectivity index (χ1) is 9.59. The summed E-state index contributed by atoms with van der Waals surface area (Å²) in [7, 11) is 3.93. The van der Waals surface area contributed by atoms with E-state index >= 15 is 0 Å². The molecule has 0 bridgehead atoms.